The summed E-state index contributed by atoms with van der Waals surface area (Å²) in [5.41, 5.74) is 5.58. The summed E-state index contributed by atoms with van der Waals surface area (Å²) in [6.07, 6.45) is -4.44. The van der Waals surface area contributed by atoms with E-state index >= 15 is 0 Å². The van der Waals surface area contributed by atoms with E-state index in [1.807, 2.05) is 0 Å². The van der Waals surface area contributed by atoms with Gasteiger partial charge in [0, 0.05) is 4.47 Å². The Morgan fingerprint density at radius 2 is 1.94 bits per heavy atom. The Bertz CT molecular complexity index is 364. The van der Waals surface area contributed by atoms with E-state index in [1.54, 1.807) is 0 Å². The second kappa shape index (κ2) is 5.14. The number of alkyl halides is 3. The molecule has 1 aromatic carbocycles. The highest BCUT2D eigenvalue weighted by Crippen LogP contribution is 2.24. The van der Waals surface area contributed by atoms with Gasteiger partial charge in [-0.1, -0.05) is 22.0 Å². The fourth-order valence-electron chi connectivity index (χ4n) is 1.20. The van der Waals surface area contributed by atoms with Crippen LogP contribution in [0.15, 0.2) is 22.7 Å². The van der Waals surface area contributed by atoms with E-state index in [-0.39, 0.29) is 12.8 Å². The second-order valence-corrected chi connectivity index (χ2v) is 4.28. The summed E-state index contributed by atoms with van der Waals surface area (Å²) in [4.78, 5) is 0. The monoisotopic (exact) mass is 299 g/mol. The molecule has 0 amide bonds. The summed E-state index contributed by atoms with van der Waals surface area (Å²) in [5.74, 6) is -0.434. The molecular weight excluding hydrogens is 290 g/mol. The van der Waals surface area contributed by atoms with E-state index in [4.69, 9.17) is 5.73 Å². The molecule has 90 valence electrons. The first-order chi connectivity index (χ1) is 7.30. The van der Waals surface area contributed by atoms with E-state index in [0.717, 1.165) is 0 Å². The molecule has 1 aromatic rings. The van der Waals surface area contributed by atoms with Crippen molar-refractivity contribution in [2.45, 2.75) is 25.1 Å². The number of hydrogen-bond donors (Lipinski definition) is 1. The van der Waals surface area contributed by atoms with Crippen LogP contribution < -0.4 is 5.73 Å². The third-order valence-electron chi connectivity index (χ3n) is 2.16. The Balaban J connectivity index is 2.62. The highest BCUT2D eigenvalue weighted by Gasteiger charge is 2.36. The van der Waals surface area contributed by atoms with Crippen LogP contribution in [0.25, 0.3) is 0 Å². The minimum atomic E-state index is -4.38. The molecule has 0 saturated heterocycles. The number of benzene rings is 1. The Kier molecular flexibility index (Phi) is 4.32. The molecule has 0 aliphatic carbocycles. The summed E-state index contributed by atoms with van der Waals surface area (Å²) in [6.45, 7) is 0. The Morgan fingerprint density at radius 1 is 1.31 bits per heavy atom. The molecular formula is C10H10BrF4N. The Labute approximate surface area is 98.8 Å². The average molecular weight is 300 g/mol. The van der Waals surface area contributed by atoms with Crippen LogP contribution in [0.4, 0.5) is 17.6 Å². The molecule has 1 unspecified atom stereocenters. The minimum absolute atomic E-state index is 0.154. The summed E-state index contributed by atoms with van der Waals surface area (Å²) in [6, 6.07) is 2.03. The van der Waals surface area contributed by atoms with Crippen LogP contribution in [0.1, 0.15) is 12.0 Å². The van der Waals surface area contributed by atoms with Crippen LogP contribution in [0.5, 0.6) is 0 Å². The van der Waals surface area contributed by atoms with E-state index < -0.39 is 18.0 Å². The minimum Gasteiger partial charge on any atom is -0.320 e. The first-order valence-electron chi connectivity index (χ1n) is 4.57. The highest BCUT2D eigenvalue weighted by molar-refractivity contribution is 9.10. The predicted molar refractivity (Wildman–Crippen MR) is 56.5 cm³/mol. The zero-order valence-electron chi connectivity index (χ0n) is 8.19. The van der Waals surface area contributed by atoms with Crippen molar-refractivity contribution in [3.63, 3.8) is 0 Å². The van der Waals surface area contributed by atoms with Crippen molar-refractivity contribution in [1.82, 2.24) is 0 Å². The molecule has 6 heteroatoms. The van der Waals surface area contributed by atoms with Gasteiger partial charge in [-0.2, -0.15) is 13.2 Å². The van der Waals surface area contributed by atoms with Crippen LogP contribution in [0, 0.1) is 5.82 Å². The van der Waals surface area contributed by atoms with Gasteiger partial charge >= 0.3 is 6.18 Å². The van der Waals surface area contributed by atoms with E-state index in [2.05, 4.69) is 15.9 Å². The van der Waals surface area contributed by atoms with Crippen molar-refractivity contribution < 1.29 is 17.6 Å². The van der Waals surface area contributed by atoms with Crippen LogP contribution in [-0.2, 0) is 6.42 Å². The summed E-state index contributed by atoms with van der Waals surface area (Å²) >= 11 is 3.09. The molecule has 0 heterocycles. The topological polar surface area (TPSA) is 26.0 Å². The number of nitrogens with two attached hydrogens (primary N) is 1. The smallest absolute Gasteiger partial charge is 0.320 e. The van der Waals surface area contributed by atoms with Gasteiger partial charge in [0.05, 0.1) is 0 Å². The fourth-order valence-corrected chi connectivity index (χ4v) is 1.75. The van der Waals surface area contributed by atoms with Crippen molar-refractivity contribution in [2.75, 3.05) is 0 Å². The van der Waals surface area contributed by atoms with Crippen LogP contribution in [0.3, 0.4) is 0 Å². The van der Waals surface area contributed by atoms with E-state index in [9.17, 15) is 17.6 Å². The van der Waals surface area contributed by atoms with Gasteiger partial charge in [-0.15, -0.1) is 0 Å². The molecule has 0 aromatic heterocycles. The molecule has 0 aliphatic heterocycles. The summed E-state index contributed by atoms with van der Waals surface area (Å²) < 4.78 is 49.5. The molecule has 16 heavy (non-hydrogen) atoms. The summed E-state index contributed by atoms with van der Waals surface area (Å²) in [7, 11) is 0. The molecule has 1 rings (SSSR count). The number of hydrogen-bond acceptors (Lipinski definition) is 1. The average Bonchev–Trinajstić information content (AvgIpc) is 2.14. The second-order valence-electron chi connectivity index (χ2n) is 3.42. The van der Waals surface area contributed by atoms with Gasteiger partial charge in [-0.3, -0.25) is 0 Å². The molecule has 0 aliphatic rings. The molecule has 1 nitrogen and oxygen atoms in total. The third kappa shape index (κ3) is 3.75. The normalized spacial score (nSPS) is 13.9. The SMILES string of the molecule is NC(CCc1ccc(F)cc1Br)C(F)(F)F. The van der Waals surface area contributed by atoms with Gasteiger partial charge in [0.15, 0.2) is 0 Å². The van der Waals surface area contributed by atoms with Crippen LogP contribution >= 0.6 is 15.9 Å². The van der Waals surface area contributed by atoms with Crippen molar-refractivity contribution in [2.24, 2.45) is 5.73 Å². The Morgan fingerprint density at radius 3 is 2.44 bits per heavy atom. The molecule has 0 spiro atoms. The lowest BCUT2D eigenvalue weighted by atomic mass is 10.1. The molecule has 2 N–H and O–H groups in total. The van der Waals surface area contributed by atoms with Gasteiger partial charge in [0.1, 0.15) is 11.9 Å². The van der Waals surface area contributed by atoms with Gasteiger partial charge in [-0.05, 0) is 30.5 Å². The maximum Gasteiger partial charge on any atom is 0.403 e. The lowest BCUT2D eigenvalue weighted by Crippen LogP contribution is -2.37. The van der Waals surface area contributed by atoms with Crippen molar-refractivity contribution in [3.05, 3.63) is 34.1 Å². The van der Waals surface area contributed by atoms with E-state index in [1.165, 1.54) is 18.2 Å². The maximum absolute atomic E-state index is 12.7. The number of rotatable bonds is 3. The largest absolute Gasteiger partial charge is 0.403 e. The van der Waals surface area contributed by atoms with Crippen LogP contribution in [-0.4, -0.2) is 12.2 Å². The van der Waals surface area contributed by atoms with Crippen molar-refractivity contribution in [3.8, 4) is 0 Å². The standard InChI is InChI=1S/C10H10BrF4N/c11-8-5-7(12)3-1-6(8)2-4-9(16)10(13,14)15/h1,3,5,9H,2,4,16H2. The molecule has 0 fully saturated rings. The van der Waals surface area contributed by atoms with Crippen molar-refractivity contribution >= 4 is 15.9 Å². The molecule has 0 saturated carbocycles. The van der Waals surface area contributed by atoms with Gasteiger partial charge in [-0.25, -0.2) is 4.39 Å². The molecule has 0 radical (unpaired) electrons. The quantitative estimate of drug-likeness (QED) is 0.851. The summed E-state index contributed by atoms with van der Waals surface area (Å²) in [5, 5.41) is 0. The first-order valence-corrected chi connectivity index (χ1v) is 5.36. The van der Waals surface area contributed by atoms with E-state index in [0.29, 0.717) is 10.0 Å². The third-order valence-corrected chi connectivity index (χ3v) is 2.90. The van der Waals surface area contributed by atoms with Crippen LogP contribution in [0.2, 0.25) is 0 Å². The predicted octanol–water partition coefficient (Wildman–Crippen LogP) is 3.41. The first kappa shape index (κ1) is 13.4. The van der Waals surface area contributed by atoms with Gasteiger partial charge < -0.3 is 5.73 Å². The Hall–Kier alpha value is -0.620. The number of halogens is 5. The van der Waals surface area contributed by atoms with Crippen molar-refractivity contribution in [1.29, 1.82) is 0 Å². The zero-order valence-corrected chi connectivity index (χ0v) is 9.78. The lowest BCUT2D eigenvalue weighted by Gasteiger charge is -2.15. The zero-order chi connectivity index (χ0) is 12.3. The number of aryl methyl sites for hydroxylation is 1. The fraction of sp³-hybridized carbons (Fsp3) is 0.400. The lowest BCUT2D eigenvalue weighted by molar-refractivity contribution is -0.148. The maximum atomic E-state index is 12.7. The highest BCUT2D eigenvalue weighted by atomic mass is 79.9. The van der Waals surface area contributed by atoms with Gasteiger partial charge in [0.25, 0.3) is 0 Å². The molecule has 0 bridgehead atoms. The molecule has 1 atom stereocenters. The van der Waals surface area contributed by atoms with Gasteiger partial charge in [0.2, 0.25) is 0 Å².